The van der Waals surface area contributed by atoms with Crippen LogP contribution in [0.1, 0.15) is 151 Å². The number of likely N-dealkylation sites (N-methyl/N-ethyl adjacent to an activating group) is 1. The largest absolute Gasteiger partial charge is 0.363 e. The van der Waals surface area contributed by atoms with Gasteiger partial charge in [-0.25, -0.2) is 0 Å². The van der Waals surface area contributed by atoms with Crippen LogP contribution >= 0.6 is 0 Å². The second-order valence-corrected chi connectivity index (χ2v) is 21.4. The Morgan fingerprint density at radius 2 is 1.42 bits per heavy atom. The molecule has 0 aromatic rings. The quantitative estimate of drug-likeness (QED) is 0.203. The van der Waals surface area contributed by atoms with Crippen LogP contribution in [0.25, 0.3) is 0 Å². The number of Topliss-reactive ketones (excluding diaryl/α,β-unsaturated/α-hetero) is 3. The van der Waals surface area contributed by atoms with Gasteiger partial charge in [0.15, 0.2) is 5.78 Å². The molecular weight excluding hydrogens is 693 g/mol. The first-order valence-electron chi connectivity index (χ1n) is 21.8. The molecule has 308 valence electrons. The Labute approximate surface area is 330 Å². The zero-order valence-electron chi connectivity index (χ0n) is 35.5. The molecule has 3 amide bonds. The van der Waals surface area contributed by atoms with E-state index in [-0.39, 0.29) is 70.3 Å². The van der Waals surface area contributed by atoms with Crippen LogP contribution in [0.3, 0.4) is 0 Å². The van der Waals surface area contributed by atoms with E-state index in [1.807, 2.05) is 25.7 Å². The summed E-state index contributed by atoms with van der Waals surface area (Å²) in [6.45, 7) is 17.5. The van der Waals surface area contributed by atoms with Crippen LogP contribution in [-0.2, 0) is 28.8 Å². The fourth-order valence-corrected chi connectivity index (χ4v) is 12.6. The van der Waals surface area contributed by atoms with Gasteiger partial charge in [0.05, 0.1) is 6.04 Å². The van der Waals surface area contributed by atoms with Crippen LogP contribution < -0.4 is 5.73 Å². The van der Waals surface area contributed by atoms with Gasteiger partial charge < -0.3 is 20.4 Å². The number of carbonyl (C=O) groups excluding carboxylic acids is 6. The first-order chi connectivity index (χ1) is 25.7. The smallest absolute Gasteiger partial charge is 0.285 e. The standard InChI is InChI=1S/C45H72N4O6/c1-41(2,3)34(25-32(50)24-33(30-16-10-9-11-17-30)39(54)49-21-20-47(8)27-42(49,4)5)40(55)48-28-45(43(6,7)44(45)18-13-19-44)26-35(48)36(51)23-31(37(52)38(46)53)22-29-14-12-15-29/h29-31,33-35H,9-28H2,1-8H3,(H2,46,53)/t31?,33-,34+,35-,45+/m0/s1. The molecule has 5 atom stereocenters. The molecular formula is C45H72N4O6. The van der Waals surface area contributed by atoms with Crippen molar-refractivity contribution in [3.05, 3.63) is 0 Å². The summed E-state index contributed by atoms with van der Waals surface area (Å²) in [7, 11) is 2.08. The molecule has 4 aliphatic carbocycles. The zero-order chi connectivity index (χ0) is 40.3. The van der Waals surface area contributed by atoms with Crippen molar-refractivity contribution in [3.63, 3.8) is 0 Å². The van der Waals surface area contributed by atoms with E-state index >= 15 is 4.79 Å². The summed E-state index contributed by atoms with van der Waals surface area (Å²) >= 11 is 0. The highest BCUT2D eigenvalue weighted by atomic mass is 16.2. The molecule has 0 radical (unpaired) electrons. The number of carbonyl (C=O) groups is 6. The van der Waals surface area contributed by atoms with E-state index in [1.165, 1.54) is 0 Å². The Morgan fingerprint density at radius 1 is 0.764 bits per heavy atom. The van der Waals surface area contributed by atoms with Crippen LogP contribution in [0, 0.1) is 51.2 Å². The fourth-order valence-electron chi connectivity index (χ4n) is 12.6. The van der Waals surface area contributed by atoms with Gasteiger partial charge in [-0.3, -0.25) is 28.8 Å². The number of nitrogens with zero attached hydrogens (tertiary/aromatic N) is 3. The molecule has 0 bridgehead atoms. The number of rotatable bonds is 14. The highest BCUT2D eigenvalue weighted by molar-refractivity contribution is 6.36. The van der Waals surface area contributed by atoms with E-state index in [0.717, 1.165) is 83.7 Å². The maximum absolute atomic E-state index is 15.1. The predicted molar refractivity (Wildman–Crippen MR) is 212 cm³/mol. The molecule has 6 fully saturated rings. The summed E-state index contributed by atoms with van der Waals surface area (Å²) in [5.74, 6) is -3.42. The topological polar surface area (TPSA) is 138 Å². The Balaban J connectivity index is 1.25. The number of primary amides is 1. The lowest BCUT2D eigenvalue weighted by molar-refractivity contribution is -0.150. The molecule has 2 aliphatic heterocycles. The van der Waals surface area contributed by atoms with E-state index in [4.69, 9.17) is 5.73 Å². The van der Waals surface area contributed by atoms with Crippen LogP contribution in [0.4, 0.5) is 0 Å². The summed E-state index contributed by atoms with van der Waals surface area (Å²) < 4.78 is 0. The summed E-state index contributed by atoms with van der Waals surface area (Å²) in [6, 6.07) is -0.715. The van der Waals surface area contributed by atoms with E-state index in [0.29, 0.717) is 31.8 Å². The maximum atomic E-state index is 15.1. The number of hydrogen-bond acceptors (Lipinski definition) is 7. The van der Waals surface area contributed by atoms with E-state index in [1.54, 1.807) is 4.90 Å². The van der Waals surface area contributed by atoms with Gasteiger partial charge in [-0.05, 0) is 87.5 Å². The van der Waals surface area contributed by atoms with Crippen molar-refractivity contribution in [2.45, 2.75) is 163 Å². The monoisotopic (exact) mass is 765 g/mol. The minimum absolute atomic E-state index is 0.0222. The average molecular weight is 765 g/mol. The Hall–Kier alpha value is -2.62. The van der Waals surface area contributed by atoms with E-state index in [2.05, 4.69) is 39.6 Å². The van der Waals surface area contributed by atoms with Crippen molar-refractivity contribution in [1.29, 1.82) is 0 Å². The Kier molecular flexibility index (Phi) is 11.7. The highest BCUT2D eigenvalue weighted by Gasteiger charge is 2.85. The number of hydrogen-bond donors (Lipinski definition) is 1. The predicted octanol–water partition coefficient (Wildman–Crippen LogP) is 6.36. The number of ketones is 3. The van der Waals surface area contributed by atoms with Crippen molar-refractivity contribution in [1.82, 2.24) is 14.7 Å². The number of amides is 3. The van der Waals surface area contributed by atoms with Gasteiger partial charge in [0.2, 0.25) is 17.6 Å². The number of fused-ring (bicyclic) bond motifs is 1. The minimum Gasteiger partial charge on any atom is -0.363 e. The molecule has 10 heteroatoms. The van der Waals surface area contributed by atoms with E-state index < -0.39 is 40.9 Å². The second kappa shape index (κ2) is 15.3. The average Bonchev–Trinajstić information content (AvgIpc) is 3.27. The number of nitrogens with two attached hydrogens (primary N) is 1. The molecule has 2 spiro atoms. The molecule has 2 heterocycles. The lowest BCUT2D eigenvalue weighted by Crippen LogP contribution is -2.61. The third kappa shape index (κ3) is 7.60. The molecule has 1 unspecified atom stereocenters. The van der Waals surface area contributed by atoms with Gasteiger partial charge in [-0.15, -0.1) is 0 Å². The summed E-state index contributed by atoms with van der Waals surface area (Å²) in [6.07, 6.45) is 12.6. The molecule has 2 saturated heterocycles. The summed E-state index contributed by atoms with van der Waals surface area (Å²) in [5, 5.41) is 0. The van der Waals surface area contributed by atoms with Crippen molar-refractivity contribution in [2.75, 3.05) is 33.2 Å². The number of likely N-dealkylation sites (tertiary alicyclic amines) is 1. The molecule has 10 nitrogen and oxygen atoms in total. The van der Waals surface area contributed by atoms with Gasteiger partial charge >= 0.3 is 0 Å². The second-order valence-electron chi connectivity index (χ2n) is 21.4. The normalized spacial score (nSPS) is 29.3. The van der Waals surface area contributed by atoms with Crippen LogP contribution in [0.15, 0.2) is 0 Å². The molecule has 55 heavy (non-hydrogen) atoms. The molecule has 0 aromatic carbocycles. The van der Waals surface area contributed by atoms with Gasteiger partial charge in [-0.2, -0.15) is 0 Å². The maximum Gasteiger partial charge on any atom is 0.285 e. The third-order valence-corrected chi connectivity index (χ3v) is 16.5. The lowest BCUT2D eigenvalue weighted by atomic mass is 9.73. The van der Waals surface area contributed by atoms with Crippen molar-refractivity contribution in [2.24, 2.45) is 57.0 Å². The lowest BCUT2D eigenvalue weighted by Gasteiger charge is -2.48. The molecule has 2 N–H and O–H groups in total. The molecule has 6 rings (SSSR count). The molecule has 0 aromatic heterocycles. The van der Waals surface area contributed by atoms with Gasteiger partial charge in [0, 0.05) is 74.1 Å². The Bertz CT molecular complexity index is 1530. The molecule has 4 saturated carbocycles. The van der Waals surface area contributed by atoms with Crippen LogP contribution in [-0.4, -0.2) is 94.6 Å². The Morgan fingerprint density at radius 3 is 1.93 bits per heavy atom. The van der Waals surface area contributed by atoms with Crippen LogP contribution in [0.5, 0.6) is 0 Å². The van der Waals surface area contributed by atoms with Crippen molar-refractivity contribution < 1.29 is 28.8 Å². The first kappa shape index (κ1) is 42.0. The highest BCUT2D eigenvalue weighted by Crippen LogP contribution is 2.88. The summed E-state index contributed by atoms with van der Waals surface area (Å²) in [5.41, 5.74) is 4.41. The van der Waals surface area contributed by atoms with Gasteiger partial charge in [0.1, 0.15) is 5.78 Å². The third-order valence-electron chi connectivity index (χ3n) is 16.5. The van der Waals surface area contributed by atoms with E-state index in [9.17, 15) is 24.0 Å². The minimum atomic E-state index is -1.00. The van der Waals surface area contributed by atoms with Crippen molar-refractivity contribution in [3.8, 4) is 0 Å². The fraction of sp³-hybridized carbons (Fsp3) is 0.867. The zero-order valence-corrected chi connectivity index (χ0v) is 35.5. The number of piperazine rings is 1. The SMILES string of the molecule is CN1CCN(C(=O)[C@@H](CC(=O)C[C@H](C(=O)N2C[C@]3(C[C@H]2C(=O)CC(CC2CCC2)C(=O)C(N)=O)C(C)(C)C32CCC2)C(C)(C)C)C2CCCCC2)C(C)(C)C1. The van der Waals surface area contributed by atoms with Gasteiger partial charge in [0.25, 0.3) is 5.91 Å². The first-order valence-corrected chi connectivity index (χ1v) is 21.8. The summed E-state index contributed by atoms with van der Waals surface area (Å²) in [4.78, 5) is 89.8. The van der Waals surface area contributed by atoms with Crippen LogP contribution in [0.2, 0.25) is 0 Å². The van der Waals surface area contributed by atoms with Gasteiger partial charge in [-0.1, -0.05) is 79.6 Å². The molecule has 6 aliphatic rings. The van der Waals surface area contributed by atoms with Crippen molar-refractivity contribution >= 4 is 35.1 Å².